The van der Waals surface area contributed by atoms with E-state index in [4.69, 9.17) is 0 Å². The molecule has 0 saturated heterocycles. The molecule has 0 aromatic heterocycles. The summed E-state index contributed by atoms with van der Waals surface area (Å²) >= 11 is 0. The Morgan fingerprint density at radius 3 is 2.67 bits per heavy atom. The Balaban J connectivity index is 2.57. The maximum Gasteiger partial charge on any atom is 0.164 e. The molecule has 0 amide bonds. The Labute approximate surface area is 90.9 Å². The van der Waals surface area contributed by atoms with E-state index in [1.165, 1.54) is 31.4 Å². The number of hydrogen-bond donors (Lipinski definition) is 1. The SMILES string of the molecule is CCCCCC(C)c1ccc(F)c(O)c1. The van der Waals surface area contributed by atoms with Crippen molar-refractivity contribution in [1.82, 2.24) is 0 Å². The van der Waals surface area contributed by atoms with Crippen molar-refractivity contribution in [2.45, 2.75) is 45.4 Å². The van der Waals surface area contributed by atoms with Gasteiger partial charge in [0.15, 0.2) is 11.6 Å². The number of unbranched alkanes of at least 4 members (excludes halogenated alkanes) is 2. The van der Waals surface area contributed by atoms with Gasteiger partial charge in [0.1, 0.15) is 0 Å². The summed E-state index contributed by atoms with van der Waals surface area (Å²) in [7, 11) is 0. The average molecular weight is 210 g/mol. The molecule has 1 nitrogen and oxygen atoms in total. The molecule has 0 aliphatic rings. The highest BCUT2D eigenvalue weighted by atomic mass is 19.1. The van der Waals surface area contributed by atoms with Gasteiger partial charge in [-0.1, -0.05) is 39.2 Å². The summed E-state index contributed by atoms with van der Waals surface area (Å²) in [5, 5.41) is 9.25. The zero-order valence-corrected chi connectivity index (χ0v) is 9.46. The first-order chi connectivity index (χ1) is 7.15. The molecule has 1 atom stereocenters. The van der Waals surface area contributed by atoms with Crippen LogP contribution in [0.25, 0.3) is 0 Å². The summed E-state index contributed by atoms with van der Waals surface area (Å²) < 4.78 is 12.8. The van der Waals surface area contributed by atoms with Gasteiger partial charge in [-0.2, -0.15) is 0 Å². The molecular formula is C13H19FO. The molecule has 0 spiro atoms. The summed E-state index contributed by atoms with van der Waals surface area (Å²) in [6, 6.07) is 4.62. The molecule has 84 valence electrons. The van der Waals surface area contributed by atoms with Crippen molar-refractivity contribution in [3.8, 4) is 5.75 Å². The number of halogens is 1. The Bertz CT molecular complexity index is 309. The van der Waals surface area contributed by atoms with Gasteiger partial charge in [-0.15, -0.1) is 0 Å². The van der Waals surface area contributed by atoms with Gasteiger partial charge in [0.2, 0.25) is 0 Å². The van der Waals surface area contributed by atoms with Crippen molar-refractivity contribution in [2.75, 3.05) is 0 Å². The smallest absolute Gasteiger partial charge is 0.164 e. The van der Waals surface area contributed by atoms with E-state index in [2.05, 4.69) is 13.8 Å². The van der Waals surface area contributed by atoms with Crippen molar-refractivity contribution in [1.29, 1.82) is 0 Å². The van der Waals surface area contributed by atoms with E-state index in [0.717, 1.165) is 12.0 Å². The van der Waals surface area contributed by atoms with Crippen molar-refractivity contribution < 1.29 is 9.50 Å². The Morgan fingerprint density at radius 2 is 2.07 bits per heavy atom. The van der Waals surface area contributed by atoms with E-state index >= 15 is 0 Å². The number of hydrogen-bond acceptors (Lipinski definition) is 1. The van der Waals surface area contributed by atoms with Crippen LogP contribution in [0.1, 0.15) is 51.0 Å². The molecule has 0 saturated carbocycles. The average Bonchev–Trinajstić information content (AvgIpc) is 2.22. The van der Waals surface area contributed by atoms with Crippen LogP contribution in [-0.2, 0) is 0 Å². The zero-order chi connectivity index (χ0) is 11.3. The minimum atomic E-state index is -0.542. The lowest BCUT2D eigenvalue weighted by Gasteiger charge is -2.11. The van der Waals surface area contributed by atoms with Gasteiger partial charge in [-0.25, -0.2) is 4.39 Å². The van der Waals surface area contributed by atoms with E-state index in [0.29, 0.717) is 5.92 Å². The molecule has 1 aromatic carbocycles. The van der Waals surface area contributed by atoms with Crippen LogP contribution < -0.4 is 0 Å². The van der Waals surface area contributed by atoms with Crippen molar-refractivity contribution >= 4 is 0 Å². The molecule has 2 heteroatoms. The first-order valence-electron chi connectivity index (χ1n) is 5.63. The van der Waals surface area contributed by atoms with Gasteiger partial charge in [0.25, 0.3) is 0 Å². The van der Waals surface area contributed by atoms with Gasteiger partial charge in [0.05, 0.1) is 0 Å². The van der Waals surface area contributed by atoms with Gasteiger partial charge in [-0.3, -0.25) is 0 Å². The fourth-order valence-corrected chi connectivity index (χ4v) is 1.70. The van der Waals surface area contributed by atoms with Crippen LogP contribution in [0.15, 0.2) is 18.2 Å². The molecule has 15 heavy (non-hydrogen) atoms. The van der Waals surface area contributed by atoms with Crippen LogP contribution in [0.3, 0.4) is 0 Å². The molecule has 1 aromatic rings. The second-order valence-electron chi connectivity index (χ2n) is 4.11. The normalized spacial score (nSPS) is 12.7. The molecular weight excluding hydrogens is 191 g/mol. The fourth-order valence-electron chi connectivity index (χ4n) is 1.70. The second kappa shape index (κ2) is 5.74. The quantitative estimate of drug-likeness (QED) is 0.721. The maximum absolute atomic E-state index is 12.8. The molecule has 0 fully saturated rings. The van der Waals surface area contributed by atoms with Crippen molar-refractivity contribution in [2.24, 2.45) is 0 Å². The Kier molecular flexibility index (Phi) is 4.60. The van der Waals surface area contributed by atoms with Crippen molar-refractivity contribution in [3.63, 3.8) is 0 Å². The molecule has 0 heterocycles. The summed E-state index contributed by atoms with van der Waals surface area (Å²) in [5.74, 6) is -0.391. The van der Waals surface area contributed by atoms with Crippen LogP contribution in [0.2, 0.25) is 0 Å². The predicted octanol–water partition coefficient (Wildman–Crippen LogP) is 4.22. The number of aromatic hydroxyl groups is 1. The zero-order valence-electron chi connectivity index (χ0n) is 9.46. The highest BCUT2D eigenvalue weighted by Crippen LogP contribution is 2.26. The lowest BCUT2D eigenvalue weighted by atomic mass is 9.95. The van der Waals surface area contributed by atoms with E-state index < -0.39 is 5.82 Å². The van der Waals surface area contributed by atoms with Gasteiger partial charge in [0, 0.05) is 0 Å². The number of benzene rings is 1. The Hall–Kier alpha value is -1.05. The van der Waals surface area contributed by atoms with E-state index in [9.17, 15) is 9.50 Å². The van der Waals surface area contributed by atoms with Crippen LogP contribution >= 0.6 is 0 Å². The fraction of sp³-hybridized carbons (Fsp3) is 0.538. The predicted molar refractivity (Wildman–Crippen MR) is 60.6 cm³/mol. The maximum atomic E-state index is 12.8. The first-order valence-corrected chi connectivity index (χ1v) is 5.63. The topological polar surface area (TPSA) is 20.2 Å². The summed E-state index contributed by atoms with van der Waals surface area (Å²) in [4.78, 5) is 0. The number of phenols is 1. The van der Waals surface area contributed by atoms with Crippen LogP contribution in [0.4, 0.5) is 4.39 Å². The minimum Gasteiger partial charge on any atom is -0.505 e. The summed E-state index contributed by atoms with van der Waals surface area (Å²) in [6.07, 6.45) is 4.73. The van der Waals surface area contributed by atoms with Crippen LogP contribution in [0, 0.1) is 5.82 Å². The molecule has 0 radical (unpaired) electrons. The van der Waals surface area contributed by atoms with Crippen LogP contribution in [-0.4, -0.2) is 5.11 Å². The minimum absolute atomic E-state index is 0.241. The molecule has 1 N–H and O–H groups in total. The van der Waals surface area contributed by atoms with Gasteiger partial charge >= 0.3 is 0 Å². The summed E-state index contributed by atoms with van der Waals surface area (Å²) in [5.41, 5.74) is 1.02. The monoisotopic (exact) mass is 210 g/mol. The van der Waals surface area contributed by atoms with Crippen LogP contribution in [0.5, 0.6) is 5.75 Å². The number of rotatable bonds is 5. The standard InChI is InChI=1S/C13H19FO/c1-3-4-5-6-10(2)11-7-8-12(14)13(15)9-11/h7-10,15H,3-6H2,1-2H3. The third kappa shape index (κ3) is 3.54. The Morgan fingerprint density at radius 1 is 1.33 bits per heavy atom. The highest BCUT2D eigenvalue weighted by Gasteiger charge is 2.08. The summed E-state index contributed by atoms with van der Waals surface area (Å²) in [6.45, 7) is 4.29. The van der Waals surface area contributed by atoms with Gasteiger partial charge < -0.3 is 5.11 Å². The lowest BCUT2D eigenvalue weighted by molar-refractivity contribution is 0.430. The van der Waals surface area contributed by atoms with E-state index in [1.54, 1.807) is 6.07 Å². The first kappa shape index (κ1) is 12.0. The molecule has 0 aliphatic heterocycles. The third-order valence-electron chi connectivity index (χ3n) is 2.78. The third-order valence-corrected chi connectivity index (χ3v) is 2.78. The molecule has 0 aliphatic carbocycles. The van der Waals surface area contributed by atoms with Crippen molar-refractivity contribution in [3.05, 3.63) is 29.6 Å². The van der Waals surface area contributed by atoms with E-state index in [-0.39, 0.29) is 5.75 Å². The van der Waals surface area contributed by atoms with Gasteiger partial charge in [-0.05, 0) is 30.0 Å². The number of phenolic OH excluding ortho intramolecular Hbond substituents is 1. The largest absolute Gasteiger partial charge is 0.505 e. The highest BCUT2D eigenvalue weighted by molar-refractivity contribution is 5.30. The second-order valence-corrected chi connectivity index (χ2v) is 4.11. The molecule has 0 bridgehead atoms. The molecule has 1 rings (SSSR count). The van der Waals surface area contributed by atoms with E-state index in [1.807, 2.05) is 0 Å². The lowest BCUT2D eigenvalue weighted by Crippen LogP contribution is -1.94. The molecule has 1 unspecified atom stereocenters.